The molecule has 2 aromatic rings. The number of hydrogen-bond acceptors (Lipinski definition) is 3. The fourth-order valence-corrected chi connectivity index (χ4v) is 1.85. The highest BCUT2D eigenvalue weighted by atomic mass is 19.1. The summed E-state index contributed by atoms with van der Waals surface area (Å²) in [5.74, 6) is -0.226. The molecule has 0 amide bonds. The smallest absolute Gasteiger partial charge is 0.313 e. The van der Waals surface area contributed by atoms with E-state index in [4.69, 9.17) is 0 Å². The van der Waals surface area contributed by atoms with Gasteiger partial charge in [0.15, 0.2) is 5.82 Å². The first-order valence-corrected chi connectivity index (χ1v) is 5.37. The van der Waals surface area contributed by atoms with Gasteiger partial charge in [-0.1, -0.05) is 6.07 Å². The molecule has 0 aliphatic heterocycles. The van der Waals surface area contributed by atoms with E-state index < -0.39 is 0 Å². The molecule has 1 aromatic heterocycles. The summed E-state index contributed by atoms with van der Waals surface area (Å²) >= 11 is 0. The summed E-state index contributed by atoms with van der Waals surface area (Å²) in [5.41, 5.74) is 1.000. The number of rotatable bonds is 3. The van der Waals surface area contributed by atoms with Crippen molar-refractivity contribution in [1.29, 1.82) is 0 Å². The maximum Gasteiger partial charge on any atom is 0.313 e. The molecule has 0 spiro atoms. The topological polar surface area (TPSA) is 44.1 Å². The largest absolute Gasteiger partial charge is 0.469 e. The summed E-state index contributed by atoms with van der Waals surface area (Å²) in [6, 6.07) is 4.78. The number of benzene rings is 1. The van der Waals surface area contributed by atoms with Crippen LogP contribution < -0.4 is 0 Å². The van der Waals surface area contributed by atoms with E-state index in [1.807, 2.05) is 11.5 Å². The standard InChI is InChI=1S/C12H13FN2O2/c1-3-15-9-6-4-5-8(13)12(9)14-10(15)7-11(16)17-2/h4-6H,3,7H2,1-2H3. The molecule has 5 heteroatoms. The van der Waals surface area contributed by atoms with E-state index in [-0.39, 0.29) is 18.2 Å². The molecule has 0 radical (unpaired) electrons. The van der Waals surface area contributed by atoms with Crippen molar-refractivity contribution >= 4 is 17.0 Å². The molecule has 0 unspecified atom stereocenters. The number of halogens is 1. The van der Waals surface area contributed by atoms with Gasteiger partial charge in [0, 0.05) is 6.54 Å². The Morgan fingerprint density at radius 3 is 2.94 bits per heavy atom. The van der Waals surface area contributed by atoms with Crippen LogP contribution in [0.15, 0.2) is 18.2 Å². The number of ether oxygens (including phenoxy) is 1. The van der Waals surface area contributed by atoms with Gasteiger partial charge >= 0.3 is 5.97 Å². The highest BCUT2D eigenvalue weighted by molar-refractivity contribution is 5.79. The summed E-state index contributed by atoms with van der Waals surface area (Å²) in [4.78, 5) is 15.4. The Bertz CT molecular complexity index is 563. The van der Waals surface area contributed by atoms with Crippen LogP contribution in [0.4, 0.5) is 4.39 Å². The molecule has 1 aromatic carbocycles. The van der Waals surface area contributed by atoms with Gasteiger partial charge in [-0.3, -0.25) is 4.79 Å². The van der Waals surface area contributed by atoms with E-state index in [9.17, 15) is 9.18 Å². The second-order valence-electron chi connectivity index (χ2n) is 3.63. The molecule has 0 atom stereocenters. The number of nitrogens with zero attached hydrogens (tertiary/aromatic N) is 2. The van der Waals surface area contributed by atoms with Crippen LogP contribution in [-0.2, 0) is 22.5 Å². The summed E-state index contributed by atoms with van der Waals surface area (Å²) < 4.78 is 20.0. The van der Waals surface area contributed by atoms with Gasteiger partial charge in [-0.05, 0) is 19.1 Å². The Morgan fingerprint density at radius 2 is 2.29 bits per heavy atom. The Kier molecular flexibility index (Phi) is 3.08. The van der Waals surface area contributed by atoms with Gasteiger partial charge in [0.1, 0.15) is 17.8 Å². The average Bonchev–Trinajstić information content (AvgIpc) is 2.68. The van der Waals surface area contributed by atoms with Gasteiger partial charge in [-0.2, -0.15) is 0 Å². The van der Waals surface area contributed by atoms with Crippen LogP contribution in [0.1, 0.15) is 12.7 Å². The Labute approximate surface area is 98.0 Å². The second-order valence-corrected chi connectivity index (χ2v) is 3.63. The van der Waals surface area contributed by atoms with E-state index in [1.54, 1.807) is 12.1 Å². The number of hydrogen-bond donors (Lipinski definition) is 0. The molecule has 4 nitrogen and oxygen atoms in total. The zero-order valence-electron chi connectivity index (χ0n) is 9.74. The molecule has 0 saturated carbocycles. The third-order valence-corrected chi connectivity index (χ3v) is 2.66. The van der Waals surface area contributed by atoms with Crippen molar-refractivity contribution in [2.45, 2.75) is 19.9 Å². The van der Waals surface area contributed by atoms with E-state index in [1.165, 1.54) is 13.2 Å². The number of carbonyl (C=O) groups is 1. The molecule has 0 bridgehead atoms. The highest BCUT2D eigenvalue weighted by Gasteiger charge is 2.15. The third kappa shape index (κ3) is 2.00. The molecular weight excluding hydrogens is 223 g/mol. The molecule has 0 aliphatic rings. The summed E-state index contributed by atoms with van der Waals surface area (Å²) in [7, 11) is 1.32. The lowest BCUT2D eigenvalue weighted by atomic mass is 10.3. The average molecular weight is 236 g/mol. The second kappa shape index (κ2) is 4.53. The van der Waals surface area contributed by atoms with Crippen molar-refractivity contribution < 1.29 is 13.9 Å². The molecule has 90 valence electrons. The maximum absolute atomic E-state index is 13.5. The van der Waals surface area contributed by atoms with Gasteiger partial charge in [-0.15, -0.1) is 0 Å². The minimum Gasteiger partial charge on any atom is -0.469 e. The first-order chi connectivity index (χ1) is 8.17. The number of imidazole rings is 1. The minimum atomic E-state index is -0.379. The molecule has 2 rings (SSSR count). The maximum atomic E-state index is 13.5. The number of esters is 1. The number of fused-ring (bicyclic) bond motifs is 1. The molecule has 0 aliphatic carbocycles. The molecule has 0 saturated heterocycles. The third-order valence-electron chi connectivity index (χ3n) is 2.66. The molecule has 1 heterocycles. The SMILES string of the molecule is CCn1c(CC(=O)OC)nc2c(F)cccc21. The summed E-state index contributed by atoms with van der Waals surface area (Å²) in [5, 5.41) is 0. The van der Waals surface area contributed by atoms with E-state index in [0.717, 1.165) is 0 Å². The van der Waals surface area contributed by atoms with Gasteiger partial charge < -0.3 is 9.30 Å². The first-order valence-electron chi connectivity index (χ1n) is 5.37. The highest BCUT2D eigenvalue weighted by Crippen LogP contribution is 2.19. The Balaban J connectivity index is 2.55. The number of carbonyl (C=O) groups excluding carboxylic acids is 1. The molecule has 0 N–H and O–H groups in total. The molecular formula is C12H13FN2O2. The first kappa shape index (κ1) is 11.6. The molecule has 0 fully saturated rings. The fraction of sp³-hybridized carbons (Fsp3) is 0.333. The zero-order valence-corrected chi connectivity index (χ0v) is 9.74. The van der Waals surface area contributed by atoms with Crippen molar-refractivity contribution in [3.63, 3.8) is 0 Å². The van der Waals surface area contributed by atoms with Crippen molar-refractivity contribution in [2.24, 2.45) is 0 Å². The van der Waals surface area contributed by atoms with Crippen molar-refractivity contribution in [3.8, 4) is 0 Å². The van der Waals surface area contributed by atoms with Crippen LogP contribution >= 0.6 is 0 Å². The van der Waals surface area contributed by atoms with Crippen LogP contribution in [0.2, 0.25) is 0 Å². The van der Waals surface area contributed by atoms with E-state index >= 15 is 0 Å². The van der Waals surface area contributed by atoms with Crippen molar-refractivity contribution in [2.75, 3.05) is 7.11 Å². The van der Waals surface area contributed by atoms with Crippen LogP contribution in [0, 0.1) is 5.82 Å². The zero-order chi connectivity index (χ0) is 12.4. The lowest BCUT2D eigenvalue weighted by Crippen LogP contribution is -2.10. The van der Waals surface area contributed by atoms with Crippen LogP contribution in [0.25, 0.3) is 11.0 Å². The quantitative estimate of drug-likeness (QED) is 0.765. The van der Waals surface area contributed by atoms with E-state index in [2.05, 4.69) is 9.72 Å². The Hall–Kier alpha value is -1.91. The number of aromatic nitrogens is 2. The van der Waals surface area contributed by atoms with Crippen molar-refractivity contribution in [1.82, 2.24) is 9.55 Å². The number of methoxy groups -OCH3 is 1. The van der Waals surface area contributed by atoms with Crippen LogP contribution in [-0.4, -0.2) is 22.6 Å². The predicted molar refractivity (Wildman–Crippen MR) is 61.1 cm³/mol. The summed E-state index contributed by atoms with van der Waals surface area (Å²) in [6.07, 6.45) is 0.0540. The van der Waals surface area contributed by atoms with Gasteiger partial charge in [0.25, 0.3) is 0 Å². The van der Waals surface area contributed by atoms with Crippen LogP contribution in [0.5, 0.6) is 0 Å². The van der Waals surface area contributed by atoms with Crippen LogP contribution in [0.3, 0.4) is 0 Å². The van der Waals surface area contributed by atoms with Crippen molar-refractivity contribution in [3.05, 3.63) is 29.8 Å². The number of aryl methyl sites for hydroxylation is 1. The van der Waals surface area contributed by atoms with Gasteiger partial charge in [-0.25, -0.2) is 9.37 Å². The fourth-order valence-electron chi connectivity index (χ4n) is 1.85. The normalized spacial score (nSPS) is 10.8. The van der Waals surface area contributed by atoms with Gasteiger partial charge in [0.05, 0.1) is 12.6 Å². The predicted octanol–water partition coefficient (Wildman–Crippen LogP) is 1.91. The monoisotopic (exact) mass is 236 g/mol. The van der Waals surface area contributed by atoms with E-state index in [0.29, 0.717) is 23.4 Å². The lowest BCUT2D eigenvalue weighted by molar-refractivity contribution is -0.139. The summed E-state index contributed by atoms with van der Waals surface area (Å²) in [6.45, 7) is 2.55. The minimum absolute atomic E-state index is 0.0540. The lowest BCUT2D eigenvalue weighted by Gasteiger charge is -2.04. The van der Waals surface area contributed by atoms with Gasteiger partial charge in [0.2, 0.25) is 0 Å². The molecule has 17 heavy (non-hydrogen) atoms. The Morgan fingerprint density at radius 1 is 1.53 bits per heavy atom. The number of para-hydroxylation sites is 1.